The van der Waals surface area contributed by atoms with Crippen molar-refractivity contribution < 1.29 is 52.1 Å². The van der Waals surface area contributed by atoms with E-state index < -0.39 is 44.8 Å². The lowest BCUT2D eigenvalue weighted by molar-refractivity contribution is -0.382. The van der Waals surface area contributed by atoms with E-state index in [1.807, 2.05) is 0 Å². The fourth-order valence-electron chi connectivity index (χ4n) is 3.82. The SMILES string of the molecule is O=S(=O)(Oc1c(-c2cccs2)nc(-c2cccs2)c(-c2cccs2)c1-c1cccs1)C(F)(F)C(F)(F)C(F)(F)C(F)(F)F. The molecule has 43 heavy (non-hydrogen) atoms. The third kappa shape index (κ3) is 5.15. The summed E-state index contributed by atoms with van der Waals surface area (Å²) in [4.78, 5) is 5.67. The normalized spacial score (nSPS) is 13.4. The molecule has 0 saturated carbocycles. The molecule has 0 bridgehead atoms. The Hall–Kier alpha value is -2.93. The second-order valence-corrected chi connectivity index (χ2v) is 13.9. The summed E-state index contributed by atoms with van der Waals surface area (Å²) in [7, 11) is -7.28. The van der Waals surface area contributed by atoms with Crippen molar-refractivity contribution in [3.05, 3.63) is 70.1 Å². The van der Waals surface area contributed by atoms with Crippen LogP contribution in [-0.4, -0.2) is 36.7 Å². The van der Waals surface area contributed by atoms with Crippen LogP contribution in [0, 0.1) is 0 Å². The summed E-state index contributed by atoms with van der Waals surface area (Å²) in [5.41, 5.74) is -0.340. The van der Waals surface area contributed by atoms with Crippen LogP contribution in [-0.2, 0) is 10.1 Å². The molecule has 0 aliphatic heterocycles. The predicted molar refractivity (Wildman–Crippen MR) is 148 cm³/mol. The number of thiophene rings is 4. The molecule has 0 atom stereocenters. The Bertz CT molecular complexity index is 1820. The highest BCUT2D eigenvalue weighted by molar-refractivity contribution is 7.88. The molecule has 0 amide bonds. The summed E-state index contributed by atoms with van der Waals surface area (Å²) in [6.45, 7) is 0. The Balaban J connectivity index is 1.84. The highest BCUT2D eigenvalue weighted by atomic mass is 32.2. The van der Waals surface area contributed by atoms with Crippen LogP contribution < -0.4 is 4.18 Å². The Morgan fingerprint density at radius 3 is 1.42 bits per heavy atom. The first-order chi connectivity index (χ1) is 20.0. The molecule has 0 spiro atoms. The van der Waals surface area contributed by atoms with Gasteiger partial charge in [0.15, 0.2) is 5.75 Å². The smallest absolute Gasteiger partial charge is 0.375 e. The second-order valence-electron chi connectivity index (χ2n) is 8.50. The van der Waals surface area contributed by atoms with Gasteiger partial charge >= 0.3 is 33.4 Å². The van der Waals surface area contributed by atoms with Gasteiger partial charge in [-0.2, -0.15) is 47.9 Å². The molecular weight excluding hydrogens is 694 g/mol. The average Bonchev–Trinajstić information content (AvgIpc) is 3.75. The molecule has 4 nitrogen and oxygen atoms in total. The van der Waals surface area contributed by atoms with Crippen molar-refractivity contribution in [3.8, 4) is 47.8 Å². The second kappa shape index (κ2) is 10.9. The van der Waals surface area contributed by atoms with Crippen molar-refractivity contribution in [2.75, 3.05) is 0 Å². The average molecular weight is 706 g/mol. The van der Waals surface area contributed by atoms with Gasteiger partial charge in [-0.1, -0.05) is 24.3 Å². The first kappa shape index (κ1) is 31.5. The zero-order valence-electron chi connectivity index (χ0n) is 20.5. The van der Waals surface area contributed by atoms with E-state index in [0.717, 1.165) is 34.0 Å². The van der Waals surface area contributed by atoms with E-state index in [-0.39, 0.29) is 26.6 Å². The van der Waals surface area contributed by atoms with Crippen molar-refractivity contribution in [1.29, 1.82) is 0 Å². The first-order valence-electron chi connectivity index (χ1n) is 11.4. The van der Waals surface area contributed by atoms with Gasteiger partial charge in [0, 0.05) is 20.9 Å². The molecule has 5 heterocycles. The molecule has 0 aromatic carbocycles. The number of hydrogen-bond acceptors (Lipinski definition) is 8. The lowest BCUT2D eigenvalue weighted by atomic mass is 9.99. The van der Waals surface area contributed by atoms with Gasteiger partial charge < -0.3 is 4.18 Å². The largest absolute Gasteiger partial charge is 0.460 e. The van der Waals surface area contributed by atoms with Gasteiger partial charge in [0.2, 0.25) is 0 Å². The number of pyridine rings is 1. The van der Waals surface area contributed by atoms with Crippen LogP contribution in [0.2, 0.25) is 0 Å². The molecule has 18 heteroatoms. The van der Waals surface area contributed by atoms with Gasteiger partial charge in [-0.25, -0.2) is 4.98 Å². The summed E-state index contributed by atoms with van der Waals surface area (Å²) in [5.74, 6) is -16.0. The third-order valence-corrected chi connectivity index (χ3v) is 10.6. The minimum atomic E-state index is -7.47. The maximum Gasteiger partial charge on any atom is 0.460 e. The molecular formula is C25H12F9NO3S5. The lowest BCUT2D eigenvalue weighted by Gasteiger charge is -2.32. The van der Waals surface area contributed by atoms with E-state index in [1.54, 1.807) is 35.0 Å². The predicted octanol–water partition coefficient (Wildman–Crippen LogP) is 10.1. The molecule has 0 radical (unpaired) electrons. The molecule has 0 N–H and O–H groups in total. The molecule has 5 rings (SSSR count). The highest BCUT2D eigenvalue weighted by Crippen LogP contribution is 2.57. The molecule has 5 aromatic rings. The van der Waals surface area contributed by atoms with Crippen LogP contribution in [0.1, 0.15) is 0 Å². The minimum Gasteiger partial charge on any atom is -0.375 e. The maximum absolute atomic E-state index is 14.9. The Morgan fingerprint density at radius 1 is 0.581 bits per heavy atom. The van der Waals surface area contributed by atoms with E-state index >= 15 is 0 Å². The molecule has 0 aliphatic rings. The van der Waals surface area contributed by atoms with Gasteiger partial charge in [0.05, 0.1) is 15.4 Å². The van der Waals surface area contributed by atoms with Gasteiger partial charge in [0.25, 0.3) is 0 Å². The van der Waals surface area contributed by atoms with E-state index in [2.05, 4.69) is 9.17 Å². The summed E-state index contributed by atoms with van der Waals surface area (Å²) >= 11 is 4.22. The van der Waals surface area contributed by atoms with E-state index in [0.29, 0.717) is 9.75 Å². The van der Waals surface area contributed by atoms with Gasteiger partial charge in [-0.15, -0.1) is 45.3 Å². The summed E-state index contributed by atoms with van der Waals surface area (Å²) in [6, 6.07) is 12.3. The molecule has 0 fully saturated rings. The summed E-state index contributed by atoms with van der Waals surface area (Å²) in [5, 5.41) is -0.722. The molecule has 0 unspecified atom stereocenters. The van der Waals surface area contributed by atoms with Crippen LogP contribution in [0.25, 0.3) is 42.0 Å². The number of nitrogens with zero attached hydrogens (tertiary/aromatic N) is 1. The quantitative estimate of drug-likeness (QED) is 0.113. The topological polar surface area (TPSA) is 56.3 Å². The number of halogens is 9. The Morgan fingerprint density at radius 2 is 1.00 bits per heavy atom. The fraction of sp³-hybridized carbons (Fsp3) is 0.160. The van der Waals surface area contributed by atoms with Crippen LogP contribution in [0.3, 0.4) is 0 Å². The van der Waals surface area contributed by atoms with Gasteiger partial charge in [0.1, 0.15) is 5.69 Å². The summed E-state index contributed by atoms with van der Waals surface area (Å²) in [6.07, 6.45) is -7.23. The lowest BCUT2D eigenvalue weighted by Crippen LogP contribution is -2.63. The zero-order chi connectivity index (χ0) is 31.4. The van der Waals surface area contributed by atoms with Gasteiger partial charge in [-0.3, -0.25) is 0 Å². The fourth-order valence-corrected chi connectivity index (χ4v) is 7.73. The minimum absolute atomic E-state index is 0.0919. The first-order valence-corrected chi connectivity index (χ1v) is 16.3. The van der Waals surface area contributed by atoms with Crippen LogP contribution in [0.5, 0.6) is 5.75 Å². The number of rotatable bonds is 9. The molecule has 228 valence electrons. The third-order valence-electron chi connectivity index (χ3n) is 5.82. The number of aromatic nitrogens is 1. The van der Waals surface area contributed by atoms with Crippen LogP contribution >= 0.6 is 45.3 Å². The number of hydrogen-bond donors (Lipinski definition) is 0. The van der Waals surface area contributed by atoms with Gasteiger partial charge in [-0.05, 0) is 45.8 Å². The van der Waals surface area contributed by atoms with Crippen LogP contribution in [0.4, 0.5) is 39.5 Å². The molecule has 5 aromatic heterocycles. The Labute approximate surface area is 252 Å². The van der Waals surface area contributed by atoms with Crippen molar-refractivity contribution >= 4 is 55.5 Å². The van der Waals surface area contributed by atoms with E-state index in [9.17, 15) is 47.9 Å². The summed E-state index contributed by atoms with van der Waals surface area (Å²) < 4.78 is 154. The van der Waals surface area contributed by atoms with Crippen molar-refractivity contribution in [2.45, 2.75) is 23.3 Å². The zero-order valence-corrected chi connectivity index (χ0v) is 24.6. The number of alkyl halides is 9. The van der Waals surface area contributed by atoms with E-state index in [4.69, 9.17) is 0 Å². The molecule has 0 aliphatic carbocycles. The standard InChI is InChI=1S/C25H12F9NO3S5/c26-22(27,24(30,31)32)23(28,29)25(33,34)43(36,37)38-21-18(14-6-2-10-40-14)17(13-5-1-9-39-13)19(15-7-3-11-41-15)35-20(21)16-8-4-12-42-16/h1-12H. The monoisotopic (exact) mass is 705 g/mol. The molecule has 0 saturated heterocycles. The van der Waals surface area contributed by atoms with Crippen molar-refractivity contribution in [1.82, 2.24) is 4.98 Å². The van der Waals surface area contributed by atoms with Crippen molar-refractivity contribution in [3.63, 3.8) is 0 Å². The van der Waals surface area contributed by atoms with Crippen LogP contribution in [0.15, 0.2) is 70.1 Å². The highest BCUT2D eigenvalue weighted by Gasteiger charge is 2.86. The maximum atomic E-state index is 14.9. The Kier molecular flexibility index (Phi) is 7.98. The van der Waals surface area contributed by atoms with E-state index in [1.165, 1.54) is 46.4 Å². The van der Waals surface area contributed by atoms with Crippen molar-refractivity contribution in [2.24, 2.45) is 0 Å².